The standard InChI is InChI=1S/C13H19N5O/c1-9(13-17-16-10(2)19-13)18-5-3-11(4-6-18)12-7-14-15-8-12/h7-9,11H,3-6H2,1-2H3,(H,14,15). The number of hydrogen-bond acceptors (Lipinski definition) is 5. The fourth-order valence-corrected chi connectivity index (χ4v) is 2.74. The number of aromatic amines is 1. The number of aromatic nitrogens is 4. The van der Waals surface area contributed by atoms with Crippen molar-refractivity contribution >= 4 is 0 Å². The van der Waals surface area contributed by atoms with Crippen LogP contribution in [0.15, 0.2) is 16.8 Å². The Morgan fingerprint density at radius 2 is 2.16 bits per heavy atom. The largest absolute Gasteiger partial charge is 0.424 e. The molecule has 19 heavy (non-hydrogen) atoms. The van der Waals surface area contributed by atoms with E-state index in [1.54, 1.807) is 0 Å². The Labute approximate surface area is 112 Å². The minimum Gasteiger partial charge on any atom is -0.424 e. The zero-order valence-electron chi connectivity index (χ0n) is 11.3. The molecule has 1 unspecified atom stereocenters. The molecule has 0 bridgehead atoms. The number of aryl methyl sites for hydroxylation is 1. The van der Waals surface area contributed by atoms with Gasteiger partial charge in [-0.05, 0) is 44.3 Å². The van der Waals surface area contributed by atoms with Gasteiger partial charge in [0.2, 0.25) is 11.8 Å². The second-order valence-corrected chi connectivity index (χ2v) is 5.18. The van der Waals surface area contributed by atoms with E-state index in [2.05, 4.69) is 32.2 Å². The van der Waals surface area contributed by atoms with Gasteiger partial charge in [0.15, 0.2) is 0 Å². The fraction of sp³-hybridized carbons (Fsp3) is 0.615. The second-order valence-electron chi connectivity index (χ2n) is 5.18. The van der Waals surface area contributed by atoms with Gasteiger partial charge in [0, 0.05) is 13.1 Å². The lowest BCUT2D eigenvalue weighted by Crippen LogP contribution is -2.35. The molecule has 3 heterocycles. The van der Waals surface area contributed by atoms with Crippen LogP contribution in [0, 0.1) is 6.92 Å². The van der Waals surface area contributed by atoms with E-state index >= 15 is 0 Å². The number of piperidine rings is 1. The highest BCUT2D eigenvalue weighted by molar-refractivity contribution is 5.11. The summed E-state index contributed by atoms with van der Waals surface area (Å²) < 4.78 is 5.52. The molecule has 6 heteroatoms. The average molecular weight is 261 g/mol. The van der Waals surface area contributed by atoms with Crippen LogP contribution >= 0.6 is 0 Å². The summed E-state index contributed by atoms with van der Waals surface area (Å²) in [6.45, 7) is 6.07. The quantitative estimate of drug-likeness (QED) is 0.915. The zero-order valence-corrected chi connectivity index (χ0v) is 11.3. The van der Waals surface area contributed by atoms with Gasteiger partial charge >= 0.3 is 0 Å². The highest BCUT2D eigenvalue weighted by Crippen LogP contribution is 2.31. The van der Waals surface area contributed by atoms with Gasteiger partial charge in [-0.2, -0.15) is 5.10 Å². The third kappa shape index (κ3) is 2.53. The molecule has 1 N–H and O–H groups in total. The first kappa shape index (κ1) is 12.3. The van der Waals surface area contributed by atoms with Crippen molar-refractivity contribution in [2.75, 3.05) is 13.1 Å². The van der Waals surface area contributed by atoms with Gasteiger partial charge in [-0.1, -0.05) is 0 Å². The minimum absolute atomic E-state index is 0.200. The van der Waals surface area contributed by atoms with Gasteiger partial charge in [0.25, 0.3) is 0 Å². The molecular weight excluding hydrogens is 242 g/mol. The summed E-state index contributed by atoms with van der Waals surface area (Å²) in [6.07, 6.45) is 6.24. The first-order valence-corrected chi connectivity index (χ1v) is 6.77. The molecule has 0 spiro atoms. The van der Waals surface area contributed by atoms with Crippen molar-refractivity contribution < 1.29 is 4.42 Å². The fourth-order valence-electron chi connectivity index (χ4n) is 2.74. The van der Waals surface area contributed by atoms with Crippen molar-refractivity contribution in [1.82, 2.24) is 25.3 Å². The SMILES string of the molecule is Cc1nnc(C(C)N2CCC(c3cn[nH]c3)CC2)o1. The van der Waals surface area contributed by atoms with Crippen LogP contribution in [0.4, 0.5) is 0 Å². The number of nitrogens with zero attached hydrogens (tertiary/aromatic N) is 4. The van der Waals surface area contributed by atoms with Gasteiger partial charge < -0.3 is 4.42 Å². The van der Waals surface area contributed by atoms with Crippen LogP contribution in [0.25, 0.3) is 0 Å². The lowest BCUT2D eigenvalue weighted by molar-refractivity contribution is 0.142. The van der Waals surface area contributed by atoms with Crippen molar-refractivity contribution in [3.05, 3.63) is 29.7 Å². The number of hydrogen-bond donors (Lipinski definition) is 1. The van der Waals surface area contributed by atoms with Crippen molar-refractivity contribution in [3.8, 4) is 0 Å². The first-order valence-electron chi connectivity index (χ1n) is 6.77. The molecule has 2 aromatic rings. The summed E-state index contributed by atoms with van der Waals surface area (Å²) in [5.41, 5.74) is 1.32. The summed E-state index contributed by atoms with van der Waals surface area (Å²) in [5, 5.41) is 14.9. The third-order valence-corrected chi connectivity index (χ3v) is 3.97. The summed E-state index contributed by atoms with van der Waals surface area (Å²) in [6, 6.07) is 0.200. The smallest absolute Gasteiger partial charge is 0.233 e. The van der Waals surface area contributed by atoms with Crippen LogP contribution in [0.5, 0.6) is 0 Å². The highest BCUT2D eigenvalue weighted by atomic mass is 16.4. The molecule has 1 fully saturated rings. The lowest BCUT2D eigenvalue weighted by atomic mass is 9.91. The lowest BCUT2D eigenvalue weighted by Gasteiger charge is -2.34. The summed E-state index contributed by atoms with van der Waals surface area (Å²) >= 11 is 0. The van der Waals surface area contributed by atoms with Crippen molar-refractivity contribution in [1.29, 1.82) is 0 Å². The molecule has 102 valence electrons. The van der Waals surface area contributed by atoms with Crippen LogP contribution in [0.2, 0.25) is 0 Å². The van der Waals surface area contributed by atoms with Crippen LogP contribution in [0.3, 0.4) is 0 Å². The normalized spacial score (nSPS) is 19.7. The van der Waals surface area contributed by atoms with Crippen LogP contribution in [-0.2, 0) is 0 Å². The number of H-pyrrole nitrogens is 1. The topological polar surface area (TPSA) is 70.8 Å². The molecule has 6 nitrogen and oxygen atoms in total. The molecule has 0 saturated carbocycles. The molecule has 1 saturated heterocycles. The summed E-state index contributed by atoms with van der Waals surface area (Å²) in [4.78, 5) is 2.41. The van der Waals surface area contributed by atoms with E-state index in [-0.39, 0.29) is 6.04 Å². The van der Waals surface area contributed by atoms with E-state index in [1.807, 2.05) is 19.3 Å². The Bertz CT molecular complexity index is 513. The molecular formula is C13H19N5O. The molecule has 1 aliphatic rings. The number of nitrogens with one attached hydrogen (secondary N) is 1. The average Bonchev–Trinajstić information content (AvgIpc) is 3.09. The van der Waals surface area contributed by atoms with E-state index in [0.717, 1.165) is 31.8 Å². The molecule has 1 aliphatic heterocycles. The van der Waals surface area contributed by atoms with Gasteiger partial charge in [-0.25, -0.2) is 0 Å². The van der Waals surface area contributed by atoms with Gasteiger partial charge in [-0.3, -0.25) is 10.00 Å². The van der Waals surface area contributed by atoms with Crippen molar-refractivity contribution in [3.63, 3.8) is 0 Å². The van der Waals surface area contributed by atoms with Crippen LogP contribution in [0.1, 0.15) is 49.1 Å². The Balaban J connectivity index is 1.61. The minimum atomic E-state index is 0.200. The third-order valence-electron chi connectivity index (χ3n) is 3.97. The monoisotopic (exact) mass is 261 g/mol. The molecule has 0 radical (unpaired) electrons. The van der Waals surface area contributed by atoms with Gasteiger partial charge in [-0.15, -0.1) is 10.2 Å². The number of rotatable bonds is 3. The van der Waals surface area contributed by atoms with E-state index < -0.39 is 0 Å². The van der Waals surface area contributed by atoms with E-state index in [1.165, 1.54) is 5.56 Å². The van der Waals surface area contributed by atoms with Gasteiger partial charge in [0.05, 0.1) is 12.2 Å². The molecule has 2 aromatic heterocycles. The second kappa shape index (κ2) is 5.13. The molecule has 1 atom stereocenters. The maximum Gasteiger partial charge on any atom is 0.233 e. The Morgan fingerprint density at radius 3 is 2.74 bits per heavy atom. The highest BCUT2D eigenvalue weighted by Gasteiger charge is 2.27. The molecule has 3 rings (SSSR count). The predicted molar refractivity (Wildman–Crippen MR) is 69.6 cm³/mol. The zero-order chi connectivity index (χ0) is 13.2. The van der Waals surface area contributed by atoms with Crippen LogP contribution in [-0.4, -0.2) is 38.4 Å². The van der Waals surface area contributed by atoms with Crippen molar-refractivity contribution in [2.45, 2.75) is 38.6 Å². The Kier molecular flexibility index (Phi) is 3.33. The molecule has 0 amide bonds. The Hall–Kier alpha value is -1.69. The first-order chi connectivity index (χ1) is 9.24. The number of likely N-dealkylation sites (tertiary alicyclic amines) is 1. The summed E-state index contributed by atoms with van der Waals surface area (Å²) in [5.74, 6) is 1.97. The maximum absolute atomic E-state index is 5.52. The predicted octanol–water partition coefficient (Wildman–Crippen LogP) is 2.04. The Morgan fingerprint density at radius 1 is 1.37 bits per heavy atom. The van der Waals surface area contributed by atoms with Gasteiger partial charge in [0.1, 0.15) is 0 Å². The summed E-state index contributed by atoms with van der Waals surface area (Å²) in [7, 11) is 0. The van der Waals surface area contributed by atoms with Crippen LogP contribution < -0.4 is 0 Å². The maximum atomic E-state index is 5.52. The van der Waals surface area contributed by atoms with E-state index in [4.69, 9.17) is 4.42 Å². The van der Waals surface area contributed by atoms with Crippen molar-refractivity contribution in [2.24, 2.45) is 0 Å². The van der Waals surface area contributed by atoms with E-state index in [0.29, 0.717) is 11.8 Å². The molecule has 0 aliphatic carbocycles. The van der Waals surface area contributed by atoms with E-state index in [9.17, 15) is 0 Å². The molecule has 0 aromatic carbocycles.